The van der Waals surface area contributed by atoms with E-state index >= 15 is 0 Å². The highest BCUT2D eigenvalue weighted by Crippen LogP contribution is 2.58. The minimum Gasteiger partial charge on any atom is -0.481 e. The Balaban J connectivity index is 1.61. The highest BCUT2D eigenvalue weighted by Gasteiger charge is 2.65. The number of amides is 2. The third-order valence-electron chi connectivity index (χ3n) is 4.53. The van der Waals surface area contributed by atoms with Gasteiger partial charge in [0.05, 0.1) is 18.1 Å². The van der Waals surface area contributed by atoms with Crippen molar-refractivity contribution < 1.29 is 23.9 Å². The van der Waals surface area contributed by atoms with Crippen LogP contribution in [-0.2, 0) is 9.59 Å². The number of carbonyl (C=O) groups is 3. The fourth-order valence-electron chi connectivity index (χ4n) is 3.05. The summed E-state index contributed by atoms with van der Waals surface area (Å²) in [7, 11) is 0. The highest BCUT2D eigenvalue weighted by atomic mass is 16.4. The van der Waals surface area contributed by atoms with Crippen LogP contribution in [0.4, 0.5) is 11.4 Å². The van der Waals surface area contributed by atoms with Gasteiger partial charge in [-0.15, -0.1) is 0 Å². The van der Waals surface area contributed by atoms with Crippen LogP contribution in [0.1, 0.15) is 24.4 Å². The summed E-state index contributed by atoms with van der Waals surface area (Å²) in [5.74, 6) is -2.66. The molecule has 2 aromatic rings. The second-order valence-electron chi connectivity index (χ2n) is 6.61. The van der Waals surface area contributed by atoms with E-state index in [1.54, 1.807) is 50.2 Å². The Morgan fingerprint density at radius 2 is 1.60 bits per heavy atom. The Bertz CT molecular complexity index is 809. The number of furan rings is 1. The molecule has 1 fully saturated rings. The number of carbonyl (C=O) groups excluding carboxylic acids is 2. The molecule has 0 radical (unpaired) electrons. The molecule has 1 aromatic carbocycles. The van der Waals surface area contributed by atoms with E-state index in [1.165, 1.54) is 6.26 Å². The van der Waals surface area contributed by atoms with Crippen LogP contribution in [-0.4, -0.2) is 22.9 Å². The van der Waals surface area contributed by atoms with Crippen molar-refractivity contribution >= 4 is 29.2 Å². The molecule has 2 amide bonds. The van der Waals surface area contributed by atoms with Crippen molar-refractivity contribution in [1.82, 2.24) is 0 Å². The van der Waals surface area contributed by atoms with Gasteiger partial charge < -0.3 is 20.2 Å². The standard InChI is InChI=1S/C18H18N2O5/c1-18(2)13(14(18)17(23)24)16(22)20-11-7-5-10(6-8-11)19-15(21)12-4-3-9-25-12/h3-9,13-14H,1-2H3,(H,19,21)(H,20,22)(H,23,24)/t13-,14-/m1/s1. The van der Waals surface area contributed by atoms with E-state index in [4.69, 9.17) is 9.52 Å². The summed E-state index contributed by atoms with van der Waals surface area (Å²) in [5, 5.41) is 14.5. The second-order valence-corrected chi connectivity index (χ2v) is 6.61. The maximum atomic E-state index is 12.3. The van der Waals surface area contributed by atoms with Crippen molar-refractivity contribution in [3.05, 3.63) is 48.4 Å². The van der Waals surface area contributed by atoms with Gasteiger partial charge in [-0.05, 0) is 41.8 Å². The van der Waals surface area contributed by atoms with E-state index in [2.05, 4.69) is 10.6 Å². The molecule has 7 heteroatoms. The minimum atomic E-state index is -0.957. The SMILES string of the molecule is CC1(C)[C@@H](C(=O)O)[C@@H]1C(=O)Nc1ccc(NC(=O)c2ccco2)cc1. The smallest absolute Gasteiger partial charge is 0.307 e. The van der Waals surface area contributed by atoms with Crippen molar-refractivity contribution in [2.24, 2.45) is 17.3 Å². The third-order valence-corrected chi connectivity index (χ3v) is 4.53. The van der Waals surface area contributed by atoms with Crippen LogP contribution in [0, 0.1) is 17.3 Å². The summed E-state index contributed by atoms with van der Waals surface area (Å²) in [4.78, 5) is 35.3. The average molecular weight is 342 g/mol. The van der Waals surface area contributed by atoms with Gasteiger partial charge in [-0.3, -0.25) is 14.4 Å². The quantitative estimate of drug-likeness (QED) is 0.774. The molecule has 1 aromatic heterocycles. The highest BCUT2D eigenvalue weighted by molar-refractivity contribution is 6.03. The van der Waals surface area contributed by atoms with Crippen LogP contribution in [0.3, 0.4) is 0 Å². The molecule has 1 heterocycles. The van der Waals surface area contributed by atoms with Crippen LogP contribution in [0.25, 0.3) is 0 Å². The van der Waals surface area contributed by atoms with Crippen molar-refractivity contribution in [2.75, 3.05) is 10.6 Å². The molecular weight excluding hydrogens is 324 g/mol. The molecule has 0 spiro atoms. The zero-order valence-electron chi connectivity index (χ0n) is 13.8. The lowest BCUT2D eigenvalue weighted by atomic mass is 10.1. The number of nitrogens with one attached hydrogen (secondary N) is 2. The lowest BCUT2D eigenvalue weighted by molar-refractivity contribution is -0.140. The number of carboxylic acids is 1. The molecule has 1 saturated carbocycles. The number of hydrogen-bond acceptors (Lipinski definition) is 4. The maximum Gasteiger partial charge on any atom is 0.307 e. The lowest BCUT2D eigenvalue weighted by Crippen LogP contribution is -2.17. The van der Waals surface area contributed by atoms with Gasteiger partial charge in [0.2, 0.25) is 5.91 Å². The van der Waals surface area contributed by atoms with Gasteiger partial charge in [0.15, 0.2) is 5.76 Å². The summed E-state index contributed by atoms with van der Waals surface area (Å²) in [5.41, 5.74) is 0.537. The van der Waals surface area contributed by atoms with E-state index in [0.29, 0.717) is 11.4 Å². The number of anilines is 2. The van der Waals surface area contributed by atoms with Gasteiger partial charge in [-0.1, -0.05) is 13.8 Å². The second kappa shape index (κ2) is 6.08. The first-order chi connectivity index (χ1) is 11.8. The molecule has 0 saturated heterocycles. The van der Waals surface area contributed by atoms with E-state index in [9.17, 15) is 14.4 Å². The van der Waals surface area contributed by atoms with Crippen LogP contribution in [0.2, 0.25) is 0 Å². The van der Waals surface area contributed by atoms with Gasteiger partial charge in [-0.2, -0.15) is 0 Å². The van der Waals surface area contributed by atoms with E-state index < -0.39 is 23.2 Å². The molecule has 0 unspecified atom stereocenters. The first kappa shape index (κ1) is 16.8. The zero-order valence-corrected chi connectivity index (χ0v) is 13.8. The normalized spacial score (nSPS) is 20.6. The molecule has 0 bridgehead atoms. The maximum absolute atomic E-state index is 12.3. The summed E-state index contributed by atoms with van der Waals surface area (Å²) in [6.07, 6.45) is 1.41. The Morgan fingerprint density at radius 3 is 2.08 bits per heavy atom. The van der Waals surface area contributed by atoms with Gasteiger partial charge in [0, 0.05) is 11.4 Å². The molecule has 2 atom stereocenters. The monoisotopic (exact) mass is 342 g/mol. The molecule has 1 aliphatic carbocycles. The van der Waals surface area contributed by atoms with Crippen LogP contribution in [0.5, 0.6) is 0 Å². The summed E-state index contributed by atoms with van der Waals surface area (Å²) < 4.78 is 5.01. The predicted octanol–water partition coefficient (Wildman–Crippen LogP) is 2.83. The fraction of sp³-hybridized carbons (Fsp3) is 0.278. The molecule has 7 nitrogen and oxygen atoms in total. The predicted molar refractivity (Wildman–Crippen MR) is 90.1 cm³/mol. The zero-order chi connectivity index (χ0) is 18.2. The van der Waals surface area contributed by atoms with Gasteiger partial charge in [0.1, 0.15) is 0 Å². The summed E-state index contributed by atoms with van der Waals surface area (Å²) in [6, 6.07) is 9.74. The number of carboxylic acid groups (broad SMARTS) is 1. The topological polar surface area (TPSA) is 109 Å². The van der Waals surface area contributed by atoms with Crippen LogP contribution < -0.4 is 10.6 Å². The van der Waals surface area contributed by atoms with E-state index in [-0.39, 0.29) is 17.6 Å². The van der Waals surface area contributed by atoms with Gasteiger partial charge >= 0.3 is 5.97 Å². The average Bonchev–Trinajstić information content (AvgIpc) is 2.90. The first-order valence-corrected chi connectivity index (χ1v) is 7.79. The van der Waals surface area contributed by atoms with Gasteiger partial charge in [0.25, 0.3) is 5.91 Å². The molecule has 1 aliphatic rings. The Hall–Kier alpha value is -3.09. The van der Waals surface area contributed by atoms with Crippen molar-refractivity contribution in [2.45, 2.75) is 13.8 Å². The molecule has 3 rings (SSSR count). The Kier molecular flexibility index (Phi) is 4.08. The molecule has 0 aliphatic heterocycles. The van der Waals surface area contributed by atoms with E-state index in [1.807, 2.05) is 0 Å². The molecule has 130 valence electrons. The van der Waals surface area contributed by atoms with Crippen molar-refractivity contribution in [3.63, 3.8) is 0 Å². The number of aliphatic carboxylic acids is 1. The fourth-order valence-corrected chi connectivity index (χ4v) is 3.05. The molecule has 3 N–H and O–H groups in total. The Labute approximate surface area is 144 Å². The minimum absolute atomic E-state index is 0.202. The largest absolute Gasteiger partial charge is 0.481 e. The summed E-state index contributed by atoms with van der Waals surface area (Å²) >= 11 is 0. The molecular formula is C18H18N2O5. The van der Waals surface area contributed by atoms with Crippen LogP contribution >= 0.6 is 0 Å². The van der Waals surface area contributed by atoms with E-state index in [0.717, 1.165) is 0 Å². The number of hydrogen-bond donors (Lipinski definition) is 3. The molecule has 25 heavy (non-hydrogen) atoms. The lowest BCUT2D eigenvalue weighted by Gasteiger charge is -2.08. The third kappa shape index (κ3) is 3.26. The Morgan fingerprint density at radius 1 is 1.00 bits per heavy atom. The van der Waals surface area contributed by atoms with Crippen LogP contribution in [0.15, 0.2) is 47.1 Å². The van der Waals surface area contributed by atoms with Gasteiger partial charge in [-0.25, -0.2) is 0 Å². The van der Waals surface area contributed by atoms with Crippen molar-refractivity contribution in [3.8, 4) is 0 Å². The number of rotatable bonds is 5. The van der Waals surface area contributed by atoms with Crippen molar-refractivity contribution in [1.29, 1.82) is 0 Å². The summed E-state index contributed by atoms with van der Waals surface area (Å²) in [6.45, 7) is 3.53. The number of benzene rings is 1. The first-order valence-electron chi connectivity index (χ1n) is 7.79.